The third-order valence-corrected chi connectivity index (χ3v) is 6.07. The van der Waals surface area contributed by atoms with E-state index >= 15 is 0 Å². The van der Waals surface area contributed by atoms with Crippen molar-refractivity contribution in [2.45, 2.75) is 32.7 Å². The summed E-state index contributed by atoms with van der Waals surface area (Å²) in [6, 6.07) is 0. The van der Waals surface area contributed by atoms with Crippen LogP contribution in [0.3, 0.4) is 0 Å². The minimum absolute atomic E-state index is 0.286. The Bertz CT molecular complexity index is 617. The molecular weight excluding hydrogens is 348 g/mol. The molecule has 0 saturated carbocycles. The number of hydrogen-bond acceptors (Lipinski definition) is 5. The van der Waals surface area contributed by atoms with Crippen molar-refractivity contribution in [2.24, 2.45) is 4.99 Å². The number of nitrogens with one attached hydrogen (secondary N) is 1. The van der Waals surface area contributed by atoms with Crippen LogP contribution < -0.4 is 5.32 Å². The van der Waals surface area contributed by atoms with Gasteiger partial charge in [0, 0.05) is 51.7 Å². The van der Waals surface area contributed by atoms with E-state index in [0.717, 1.165) is 70.2 Å². The predicted octanol–water partition coefficient (Wildman–Crippen LogP) is 1.02. The van der Waals surface area contributed by atoms with Gasteiger partial charge in [-0.2, -0.15) is 0 Å². The van der Waals surface area contributed by atoms with Gasteiger partial charge in [0.2, 0.25) is 5.91 Å². The zero-order valence-electron chi connectivity index (χ0n) is 15.9. The van der Waals surface area contributed by atoms with Gasteiger partial charge in [-0.25, -0.2) is 4.98 Å². The highest BCUT2D eigenvalue weighted by Crippen LogP contribution is 2.11. The Morgan fingerprint density at radius 2 is 1.92 bits per heavy atom. The number of carbonyl (C=O) groups is 1. The maximum Gasteiger partial charge on any atom is 0.236 e. The first kappa shape index (κ1) is 19.1. The number of nitrogens with zero attached hydrogens (tertiary/aromatic N) is 5. The summed E-state index contributed by atoms with van der Waals surface area (Å²) >= 11 is 1.71. The summed E-state index contributed by atoms with van der Waals surface area (Å²) in [6.45, 7) is 8.85. The average Bonchev–Trinajstić information content (AvgIpc) is 3.35. The Labute approximate surface area is 160 Å². The highest BCUT2D eigenvalue weighted by atomic mass is 32.1. The zero-order valence-corrected chi connectivity index (χ0v) is 16.7. The number of guanidine groups is 1. The van der Waals surface area contributed by atoms with Gasteiger partial charge in [0.05, 0.1) is 23.8 Å². The quantitative estimate of drug-likeness (QED) is 0.612. The van der Waals surface area contributed by atoms with Crippen molar-refractivity contribution in [2.75, 3.05) is 52.9 Å². The highest BCUT2D eigenvalue weighted by molar-refractivity contribution is 7.09. The summed E-state index contributed by atoms with van der Waals surface area (Å²) in [5.74, 6) is 1.20. The molecule has 3 rings (SSSR count). The molecule has 3 heterocycles. The molecule has 26 heavy (non-hydrogen) atoms. The van der Waals surface area contributed by atoms with Crippen LogP contribution in [0, 0.1) is 0 Å². The highest BCUT2D eigenvalue weighted by Gasteiger charge is 2.24. The van der Waals surface area contributed by atoms with Crippen LogP contribution in [-0.4, -0.2) is 84.4 Å². The van der Waals surface area contributed by atoms with Gasteiger partial charge in [-0.15, -0.1) is 11.3 Å². The van der Waals surface area contributed by atoms with E-state index in [9.17, 15) is 4.79 Å². The Hall–Kier alpha value is -1.67. The van der Waals surface area contributed by atoms with Crippen molar-refractivity contribution in [3.8, 4) is 0 Å². The van der Waals surface area contributed by atoms with Crippen LogP contribution in [0.4, 0.5) is 0 Å². The van der Waals surface area contributed by atoms with Gasteiger partial charge in [0.15, 0.2) is 5.96 Å². The van der Waals surface area contributed by atoms with Crippen molar-refractivity contribution in [3.63, 3.8) is 0 Å². The fraction of sp³-hybridized carbons (Fsp3) is 0.722. The summed E-state index contributed by atoms with van der Waals surface area (Å²) in [7, 11) is 1.82. The molecule has 2 aliphatic rings. The Morgan fingerprint density at radius 3 is 2.54 bits per heavy atom. The van der Waals surface area contributed by atoms with Crippen molar-refractivity contribution >= 4 is 23.2 Å². The van der Waals surface area contributed by atoms with Crippen molar-refractivity contribution in [1.29, 1.82) is 0 Å². The molecule has 7 nitrogen and oxygen atoms in total. The van der Waals surface area contributed by atoms with Gasteiger partial charge in [-0.1, -0.05) is 6.92 Å². The second-order valence-electron chi connectivity index (χ2n) is 6.84. The lowest BCUT2D eigenvalue weighted by Crippen LogP contribution is -2.54. The van der Waals surface area contributed by atoms with E-state index < -0.39 is 0 Å². The van der Waals surface area contributed by atoms with Gasteiger partial charge < -0.3 is 15.1 Å². The average molecular weight is 379 g/mol. The van der Waals surface area contributed by atoms with Crippen LogP contribution in [-0.2, 0) is 17.8 Å². The van der Waals surface area contributed by atoms with Gasteiger partial charge in [0.25, 0.3) is 0 Å². The molecule has 1 aromatic rings. The number of amides is 1. The standard InChI is InChI=1S/C18H30N6OS/c1-3-16-21-15(14-26-16)12-20-18(19-2)24-10-8-22(9-11-24)13-17(25)23-6-4-5-7-23/h14H,3-13H2,1-2H3,(H,19,20). The fourth-order valence-corrected chi connectivity index (χ4v) is 4.21. The van der Waals surface area contributed by atoms with Gasteiger partial charge in [-0.05, 0) is 19.3 Å². The molecule has 0 radical (unpaired) electrons. The number of thiazole rings is 1. The van der Waals surface area contributed by atoms with E-state index in [1.165, 1.54) is 5.01 Å². The topological polar surface area (TPSA) is 64.1 Å². The lowest BCUT2D eigenvalue weighted by molar-refractivity contribution is -0.131. The smallest absolute Gasteiger partial charge is 0.236 e. The second kappa shape index (κ2) is 9.32. The molecule has 8 heteroatoms. The van der Waals surface area contributed by atoms with Crippen LogP contribution in [0.5, 0.6) is 0 Å². The molecule has 144 valence electrons. The zero-order chi connectivity index (χ0) is 18.4. The minimum Gasteiger partial charge on any atom is -0.351 e. The van der Waals surface area contributed by atoms with Gasteiger partial charge in [-0.3, -0.25) is 14.7 Å². The third-order valence-electron chi connectivity index (χ3n) is 5.03. The molecule has 0 bridgehead atoms. The van der Waals surface area contributed by atoms with Crippen LogP contribution in [0.1, 0.15) is 30.5 Å². The molecule has 2 saturated heterocycles. The van der Waals surface area contributed by atoms with Gasteiger partial charge in [0.1, 0.15) is 0 Å². The maximum absolute atomic E-state index is 12.3. The van der Waals surface area contributed by atoms with Crippen LogP contribution in [0.15, 0.2) is 10.4 Å². The van der Waals surface area contributed by atoms with Crippen molar-refractivity contribution < 1.29 is 4.79 Å². The van der Waals surface area contributed by atoms with Crippen LogP contribution >= 0.6 is 11.3 Å². The van der Waals surface area contributed by atoms with E-state index in [1.54, 1.807) is 11.3 Å². The first-order valence-corrected chi connectivity index (χ1v) is 10.5. The Balaban J connectivity index is 1.42. The lowest BCUT2D eigenvalue weighted by Gasteiger charge is -2.36. The van der Waals surface area contributed by atoms with E-state index in [1.807, 2.05) is 11.9 Å². The normalized spacial score (nSPS) is 19.2. The van der Waals surface area contributed by atoms with Crippen molar-refractivity contribution in [3.05, 3.63) is 16.1 Å². The number of aryl methyl sites for hydroxylation is 1. The number of carbonyl (C=O) groups excluding carboxylic acids is 1. The monoisotopic (exact) mass is 378 g/mol. The summed E-state index contributed by atoms with van der Waals surface area (Å²) < 4.78 is 0. The molecule has 2 aliphatic heterocycles. The fourth-order valence-electron chi connectivity index (χ4n) is 3.47. The molecule has 1 aromatic heterocycles. The number of piperazine rings is 1. The first-order chi connectivity index (χ1) is 12.7. The van der Waals surface area contributed by atoms with Gasteiger partial charge >= 0.3 is 0 Å². The molecule has 0 aromatic carbocycles. The second-order valence-corrected chi connectivity index (χ2v) is 7.78. The number of rotatable bonds is 5. The molecule has 1 N–H and O–H groups in total. The first-order valence-electron chi connectivity index (χ1n) is 9.58. The summed E-state index contributed by atoms with van der Waals surface area (Å²) in [4.78, 5) is 27.8. The summed E-state index contributed by atoms with van der Waals surface area (Å²) in [5, 5.41) is 6.71. The number of likely N-dealkylation sites (tertiary alicyclic amines) is 1. The predicted molar refractivity (Wildman–Crippen MR) is 106 cm³/mol. The molecule has 0 atom stereocenters. The molecule has 0 unspecified atom stereocenters. The van der Waals surface area contributed by atoms with Crippen molar-refractivity contribution in [1.82, 2.24) is 25.0 Å². The summed E-state index contributed by atoms with van der Waals surface area (Å²) in [6.07, 6.45) is 3.29. The molecule has 0 spiro atoms. The summed E-state index contributed by atoms with van der Waals surface area (Å²) in [5.41, 5.74) is 1.07. The number of aliphatic imine (C=N–C) groups is 1. The molecule has 2 fully saturated rings. The molecule has 1 amide bonds. The maximum atomic E-state index is 12.3. The van der Waals surface area contributed by atoms with E-state index in [0.29, 0.717) is 13.1 Å². The van der Waals surface area contributed by atoms with Crippen LogP contribution in [0.2, 0.25) is 0 Å². The Kier molecular flexibility index (Phi) is 6.85. The minimum atomic E-state index is 0.286. The molecular formula is C18H30N6OS. The third kappa shape index (κ3) is 4.94. The SMILES string of the molecule is CCc1nc(CNC(=NC)N2CCN(CC(=O)N3CCCC3)CC2)cs1. The van der Waals surface area contributed by atoms with E-state index in [-0.39, 0.29) is 5.91 Å². The number of hydrogen-bond donors (Lipinski definition) is 1. The Morgan fingerprint density at radius 1 is 1.19 bits per heavy atom. The van der Waals surface area contributed by atoms with E-state index in [2.05, 4.69) is 37.4 Å². The van der Waals surface area contributed by atoms with Crippen LogP contribution in [0.25, 0.3) is 0 Å². The molecule has 0 aliphatic carbocycles. The lowest BCUT2D eigenvalue weighted by atomic mass is 10.3. The largest absolute Gasteiger partial charge is 0.351 e. The van der Waals surface area contributed by atoms with E-state index in [4.69, 9.17) is 0 Å². The number of aromatic nitrogens is 1.